The minimum atomic E-state index is -2.87. The van der Waals surface area contributed by atoms with Crippen LogP contribution in [-0.2, 0) is 4.79 Å². The highest BCUT2D eigenvalue weighted by Crippen LogP contribution is 2.26. The predicted molar refractivity (Wildman–Crippen MR) is 78.2 cm³/mol. The number of halogens is 2. The second-order valence-corrected chi connectivity index (χ2v) is 6.11. The third kappa shape index (κ3) is 4.99. The van der Waals surface area contributed by atoms with Crippen molar-refractivity contribution in [3.8, 4) is 11.8 Å². The van der Waals surface area contributed by atoms with E-state index in [9.17, 15) is 13.6 Å². The van der Waals surface area contributed by atoms with Crippen LogP contribution in [0.25, 0.3) is 0 Å². The van der Waals surface area contributed by atoms with Gasteiger partial charge in [-0.2, -0.15) is 14.0 Å². The van der Waals surface area contributed by atoms with Gasteiger partial charge >= 0.3 is 6.61 Å². The number of amides is 1. The summed E-state index contributed by atoms with van der Waals surface area (Å²) in [6.45, 7) is 4.36. The quantitative estimate of drug-likeness (QED) is 0.903. The number of nitriles is 1. The van der Waals surface area contributed by atoms with Crippen molar-refractivity contribution >= 4 is 5.91 Å². The van der Waals surface area contributed by atoms with Gasteiger partial charge in [0.05, 0.1) is 12.1 Å². The largest absolute Gasteiger partial charge is 0.435 e. The van der Waals surface area contributed by atoms with Crippen molar-refractivity contribution in [2.45, 2.75) is 40.3 Å². The fourth-order valence-electron chi connectivity index (χ4n) is 1.96. The SMILES string of the molecule is CC(NC(=O)C(C#N)C(C)(C)C)c1ccc(OC(F)F)cc1. The first-order valence-corrected chi connectivity index (χ1v) is 6.90. The summed E-state index contributed by atoms with van der Waals surface area (Å²) in [5.41, 5.74) is 0.272. The molecule has 120 valence electrons. The molecule has 0 aliphatic heterocycles. The lowest BCUT2D eigenvalue weighted by atomic mass is 9.81. The van der Waals surface area contributed by atoms with Gasteiger partial charge in [0.25, 0.3) is 0 Å². The van der Waals surface area contributed by atoms with Crippen molar-refractivity contribution in [1.29, 1.82) is 5.26 Å². The van der Waals surface area contributed by atoms with Gasteiger partial charge in [-0.1, -0.05) is 32.9 Å². The molecule has 0 aliphatic rings. The molecule has 0 bridgehead atoms. The number of alkyl halides is 2. The van der Waals surface area contributed by atoms with E-state index in [-0.39, 0.29) is 17.7 Å². The summed E-state index contributed by atoms with van der Waals surface area (Å²) in [6.07, 6.45) is 0. The van der Waals surface area contributed by atoms with Crippen LogP contribution in [0.1, 0.15) is 39.3 Å². The number of nitrogens with one attached hydrogen (secondary N) is 1. The molecule has 1 N–H and O–H groups in total. The Labute approximate surface area is 129 Å². The molecule has 4 nitrogen and oxygen atoms in total. The number of ether oxygens (including phenoxy) is 1. The highest BCUT2D eigenvalue weighted by molar-refractivity contribution is 5.82. The van der Waals surface area contributed by atoms with E-state index in [1.807, 2.05) is 26.8 Å². The molecule has 22 heavy (non-hydrogen) atoms. The van der Waals surface area contributed by atoms with E-state index in [0.717, 1.165) is 5.56 Å². The molecule has 0 saturated carbocycles. The van der Waals surface area contributed by atoms with Crippen LogP contribution in [0.4, 0.5) is 8.78 Å². The summed E-state index contributed by atoms with van der Waals surface area (Å²) in [5, 5.41) is 11.9. The maximum absolute atomic E-state index is 12.2. The number of hydrogen-bond donors (Lipinski definition) is 1. The summed E-state index contributed by atoms with van der Waals surface area (Å²) in [5.74, 6) is -1.06. The predicted octanol–water partition coefficient (Wildman–Crippen LogP) is 3.65. The van der Waals surface area contributed by atoms with Crippen LogP contribution in [0.5, 0.6) is 5.75 Å². The molecule has 0 aliphatic carbocycles. The fourth-order valence-corrected chi connectivity index (χ4v) is 1.96. The van der Waals surface area contributed by atoms with E-state index in [1.165, 1.54) is 12.1 Å². The van der Waals surface area contributed by atoms with Gasteiger partial charge in [-0.25, -0.2) is 0 Å². The average Bonchev–Trinajstić information content (AvgIpc) is 2.37. The zero-order valence-corrected chi connectivity index (χ0v) is 13.1. The topological polar surface area (TPSA) is 62.1 Å². The molecule has 1 amide bonds. The number of nitrogens with zero attached hydrogens (tertiary/aromatic N) is 1. The van der Waals surface area contributed by atoms with Gasteiger partial charge in [0, 0.05) is 0 Å². The Morgan fingerprint density at radius 1 is 1.27 bits per heavy atom. The van der Waals surface area contributed by atoms with Crippen molar-refractivity contribution in [2.24, 2.45) is 11.3 Å². The maximum atomic E-state index is 12.2. The molecule has 1 aromatic carbocycles. The first-order chi connectivity index (χ1) is 10.1. The lowest BCUT2D eigenvalue weighted by molar-refractivity contribution is -0.126. The maximum Gasteiger partial charge on any atom is 0.387 e. The van der Waals surface area contributed by atoms with E-state index < -0.39 is 17.9 Å². The number of carbonyl (C=O) groups is 1. The third-order valence-electron chi connectivity index (χ3n) is 3.22. The Kier molecular flexibility index (Phi) is 5.86. The van der Waals surface area contributed by atoms with Crippen LogP contribution in [0.3, 0.4) is 0 Å². The minimum Gasteiger partial charge on any atom is -0.435 e. The van der Waals surface area contributed by atoms with E-state index >= 15 is 0 Å². The van der Waals surface area contributed by atoms with Crippen molar-refractivity contribution < 1.29 is 18.3 Å². The molecular formula is C16H20F2N2O2. The molecule has 2 unspecified atom stereocenters. The monoisotopic (exact) mass is 310 g/mol. The van der Waals surface area contributed by atoms with E-state index in [1.54, 1.807) is 19.1 Å². The molecule has 0 heterocycles. The van der Waals surface area contributed by atoms with Crippen LogP contribution in [0.15, 0.2) is 24.3 Å². The molecule has 0 fully saturated rings. The van der Waals surface area contributed by atoms with Gasteiger partial charge in [0.15, 0.2) is 0 Å². The van der Waals surface area contributed by atoms with Crippen LogP contribution < -0.4 is 10.1 Å². The van der Waals surface area contributed by atoms with Gasteiger partial charge in [-0.15, -0.1) is 0 Å². The highest BCUT2D eigenvalue weighted by Gasteiger charge is 2.31. The Bertz CT molecular complexity index is 545. The number of benzene rings is 1. The zero-order valence-electron chi connectivity index (χ0n) is 13.1. The summed E-state index contributed by atoms with van der Waals surface area (Å²) in [7, 11) is 0. The Morgan fingerprint density at radius 3 is 2.23 bits per heavy atom. The second kappa shape index (κ2) is 7.21. The lowest BCUT2D eigenvalue weighted by Crippen LogP contribution is -2.38. The highest BCUT2D eigenvalue weighted by atomic mass is 19.3. The summed E-state index contributed by atoms with van der Waals surface area (Å²) in [4.78, 5) is 12.2. The van der Waals surface area contributed by atoms with Crippen molar-refractivity contribution in [3.05, 3.63) is 29.8 Å². The third-order valence-corrected chi connectivity index (χ3v) is 3.22. The van der Waals surface area contributed by atoms with E-state index in [4.69, 9.17) is 5.26 Å². The molecule has 0 spiro atoms. The van der Waals surface area contributed by atoms with Crippen LogP contribution in [0.2, 0.25) is 0 Å². The summed E-state index contributed by atoms with van der Waals surface area (Å²) < 4.78 is 28.4. The normalized spacial score (nSPS) is 14.1. The number of rotatable bonds is 5. The van der Waals surface area contributed by atoms with Gasteiger partial charge in [0.1, 0.15) is 11.7 Å². The lowest BCUT2D eigenvalue weighted by Gasteiger charge is -2.25. The summed E-state index contributed by atoms with van der Waals surface area (Å²) in [6, 6.07) is 7.69. The van der Waals surface area contributed by atoms with Crippen LogP contribution >= 0.6 is 0 Å². The molecule has 0 aromatic heterocycles. The smallest absolute Gasteiger partial charge is 0.387 e. The Balaban J connectivity index is 2.74. The first-order valence-electron chi connectivity index (χ1n) is 6.90. The second-order valence-electron chi connectivity index (χ2n) is 6.11. The van der Waals surface area contributed by atoms with Gasteiger partial charge in [0.2, 0.25) is 5.91 Å². The fraction of sp³-hybridized carbons (Fsp3) is 0.500. The Hall–Kier alpha value is -2.16. The molecule has 1 aromatic rings. The van der Waals surface area contributed by atoms with Crippen molar-refractivity contribution in [1.82, 2.24) is 5.32 Å². The van der Waals surface area contributed by atoms with Crippen LogP contribution in [-0.4, -0.2) is 12.5 Å². The standard InChI is InChI=1S/C16H20F2N2O2/c1-10(20-14(21)13(9-19)16(2,3)4)11-5-7-12(8-6-11)22-15(17)18/h5-8,10,13,15H,1-4H3,(H,20,21). The molecule has 1 rings (SSSR count). The Morgan fingerprint density at radius 2 is 1.82 bits per heavy atom. The van der Waals surface area contributed by atoms with Gasteiger partial charge in [-0.05, 0) is 30.0 Å². The molecule has 6 heteroatoms. The van der Waals surface area contributed by atoms with Crippen LogP contribution in [0, 0.1) is 22.7 Å². The van der Waals surface area contributed by atoms with Crippen molar-refractivity contribution in [3.63, 3.8) is 0 Å². The zero-order chi connectivity index (χ0) is 16.9. The first kappa shape index (κ1) is 17.9. The molecule has 2 atom stereocenters. The van der Waals surface area contributed by atoms with Gasteiger partial charge < -0.3 is 10.1 Å². The molecular weight excluding hydrogens is 290 g/mol. The number of carbonyl (C=O) groups excluding carboxylic acids is 1. The minimum absolute atomic E-state index is 0.0573. The van der Waals surface area contributed by atoms with Gasteiger partial charge in [-0.3, -0.25) is 4.79 Å². The summed E-state index contributed by atoms with van der Waals surface area (Å²) >= 11 is 0. The average molecular weight is 310 g/mol. The number of hydrogen-bond acceptors (Lipinski definition) is 3. The molecule has 0 saturated heterocycles. The van der Waals surface area contributed by atoms with E-state index in [0.29, 0.717) is 0 Å². The van der Waals surface area contributed by atoms with E-state index in [2.05, 4.69) is 10.1 Å². The van der Waals surface area contributed by atoms with Crippen molar-refractivity contribution in [2.75, 3.05) is 0 Å². The molecule has 0 radical (unpaired) electrons.